The predicted molar refractivity (Wildman–Crippen MR) is 76.8 cm³/mol. The highest BCUT2D eigenvalue weighted by molar-refractivity contribution is 8.01. The van der Waals surface area contributed by atoms with Crippen molar-refractivity contribution >= 4 is 35.6 Å². The van der Waals surface area contributed by atoms with Gasteiger partial charge in [0.25, 0.3) is 0 Å². The van der Waals surface area contributed by atoms with Gasteiger partial charge in [-0.3, -0.25) is 9.89 Å². The van der Waals surface area contributed by atoms with Crippen molar-refractivity contribution in [3.63, 3.8) is 0 Å². The first-order chi connectivity index (χ1) is 9.15. The zero-order chi connectivity index (χ0) is 13.4. The molecule has 19 heavy (non-hydrogen) atoms. The maximum Gasteiger partial charge on any atom is 0.238 e. The average Bonchev–Trinajstić information content (AvgIpc) is 2.71. The molecule has 1 aliphatic rings. The van der Waals surface area contributed by atoms with Crippen LogP contribution in [-0.2, 0) is 18.3 Å². The number of thioether (sulfide) groups is 1. The Hall–Kier alpha value is -1.60. The molecule has 0 spiro atoms. The van der Waals surface area contributed by atoms with Crippen molar-refractivity contribution in [3.05, 3.63) is 34.9 Å². The molecule has 0 bridgehead atoms. The molecule has 1 aromatic heterocycles. The van der Waals surface area contributed by atoms with Crippen molar-refractivity contribution < 1.29 is 4.79 Å². The van der Waals surface area contributed by atoms with Crippen molar-refractivity contribution in [1.29, 1.82) is 0 Å². The van der Waals surface area contributed by atoms with Gasteiger partial charge in [-0.15, -0.1) is 11.8 Å². The summed E-state index contributed by atoms with van der Waals surface area (Å²) in [5.74, 6) is 0.801. The Bertz CT molecular complexity index is 691. The second-order valence-electron chi connectivity index (χ2n) is 4.30. The minimum absolute atomic E-state index is 0.0117. The molecule has 2 N–H and O–H groups in total. The van der Waals surface area contributed by atoms with E-state index in [-0.39, 0.29) is 11.2 Å². The normalized spacial score (nSPS) is 17.9. The molecular formula is C12H12N4OS2. The van der Waals surface area contributed by atoms with Crippen molar-refractivity contribution in [2.75, 3.05) is 5.32 Å². The third-order valence-electron chi connectivity index (χ3n) is 3.05. The number of benzene rings is 1. The summed E-state index contributed by atoms with van der Waals surface area (Å²) in [6.45, 7) is 0. The lowest BCUT2D eigenvalue weighted by atomic mass is 10.2. The maximum absolute atomic E-state index is 12.1. The van der Waals surface area contributed by atoms with Gasteiger partial charge >= 0.3 is 0 Å². The van der Waals surface area contributed by atoms with Gasteiger partial charge in [0.05, 0.1) is 10.9 Å². The highest BCUT2D eigenvalue weighted by atomic mass is 32.2. The van der Waals surface area contributed by atoms with E-state index in [2.05, 4.69) is 15.5 Å². The Kier molecular flexibility index (Phi) is 3.16. The Labute approximate surface area is 119 Å². The zero-order valence-corrected chi connectivity index (χ0v) is 11.8. The molecule has 2 aromatic rings. The molecule has 1 aromatic carbocycles. The number of nitrogens with one attached hydrogen (secondary N) is 2. The van der Waals surface area contributed by atoms with E-state index in [1.165, 1.54) is 0 Å². The molecule has 0 radical (unpaired) electrons. The Balaban J connectivity index is 1.85. The van der Waals surface area contributed by atoms with Gasteiger partial charge < -0.3 is 9.88 Å². The number of para-hydroxylation sites is 1. The highest BCUT2D eigenvalue weighted by Crippen LogP contribution is 2.36. The van der Waals surface area contributed by atoms with Gasteiger partial charge in [-0.1, -0.05) is 12.1 Å². The standard InChI is InChI=1S/C12H12N4OS2/c1-16-10(14-15-12(16)18)6-9-11(17)13-7-4-2-3-5-8(7)19-9/h2-5,9H,6H2,1H3,(H,13,17)(H,15,18)/t9-/m0/s1. The summed E-state index contributed by atoms with van der Waals surface area (Å²) in [6, 6.07) is 7.80. The van der Waals surface area contributed by atoms with Gasteiger partial charge in [-0.2, -0.15) is 5.10 Å². The Morgan fingerprint density at radius 3 is 3.00 bits per heavy atom. The molecule has 0 saturated heterocycles. The summed E-state index contributed by atoms with van der Waals surface area (Å²) in [7, 11) is 1.85. The molecule has 98 valence electrons. The van der Waals surface area contributed by atoms with Crippen LogP contribution in [-0.4, -0.2) is 25.9 Å². The summed E-state index contributed by atoms with van der Waals surface area (Å²) < 4.78 is 2.36. The lowest BCUT2D eigenvalue weighted by molar-refractivity contribution is -0.115. The highest BCUT2D eigenvalue weighted by Gasteiger charge is 2.28. The predicted octanol–water partition coefficient (Wildman–Crippen LogP) is 2.13. The molecule has 0 saturated carbocycles. The second-order valence-corrected chi connectivity index (χ2v) is 5.93. The van der Waals surface area contributed by atoms with Gasteiger partial charge in [0, 0.05) is 18.4 Å². The molecule has 5 nitrogen and oxygen atoms in total. The number of carbonyl (C=O) groups is 1. The van der Waals surface area contributed by atoms with E-state index >= 15 is 0 Å². The van der Waals surface area contributed by atoms with Crippen molar-refractivity contribution in [2.45, 2.75) is 16.6 Å². The van der Waals surface area contributed by atoms with E-state index in [1.807, 2.05) is 31.3 Å². The van der Waals surface area contributed by atoms with Crippen molar-refractivity contribution in [3.8, 4) is 0 Å². The van der Waals surface area contributed by atoms with Crippen LogP contribution in [0.15, 0.2) is 29.2 Å². The van der Waals surface area contributed by atoms with E-state index in [1.54, 1.807) is 16.3 Å². The van der Waals surface area contributed by atoms with Crippen LogP contribution in [0.2, 0.25) is 0 Å². The summed E-state index contributed by atoms with van der Waals surface area (Å²) in [4.78, 5) is 13.2. The van der Waals surface area contributed by atoms with Gasteiger partial charge in [-0.05, 0) is 24.4 Å². The van der Waals surface area contributed by atoms with Crippen molar-refractivity contribution in [1.82, 2.24) is 14.8 Å². The number of aromatic nitrogens is 3. The smallest absolute Gasteiger partial charge is 0.238 e. The van der Waals surface area contributed by atoms with Crippen LogP contribution in [0, 0.1) is 4.77 Å². The van der Waals surface area contributed by atoms with E-state index in [9.17, 15) is 4.79 Å². The largest absolute Gasteiger partial charge is 0.324 e. The molecule has 7 heteroatoms. The topological polar surface area (TPSA) is 62.7 Å². The van der Waals surface area contributed by atoms with Crippen LogP contribution in [0.3, 0.4) is 0 Å². The number of H-pyrrole nitrogens is 1. The SMILES string of the molecule is Cn1c(C[C@@H]2Sc3ccccc3NC2=O)n[nH]c1=S. The van der Waals surface area contributed by atoms with Crippen molar-refractivity contribution in [2.24, 2.45) is 7.05 Å². The average molecular weight is 292 g/mol. The second kappa shape index (κ2) is 4.82. The number of rotatable bonds is 2. The Morgan fingerprint density at radius 1 is 1.47 bits per heavy atom. The minimum Gasteiger partial charge on any atom is -0.324 e. The van der Waals surface area contributed by atoms with Gasteiger partial charge in [0.15, 0.2) is 4.77 Å². The van der Waals surface area contributed by atoms with Gasteiger partial charge in [-0.25, -0.2) is 0 Å². The van der Waals surface area contributed by atoms with Crippen LogP contribution in [0.5, 0.6) is 0 Å². The fourth-order valence-corrected chi connectivity index (χ4v) is 3.21. The maximum atomic E-state index is 12.1. The first kappa shape index (κ1) is 12.4. The molecular weight excluding hydrogens is 280 g/mol. The third kappa shape index (κ3) is 2.31. The molecule has 2 heterocycles. The van der Waals surface area contributed by atoms with Crippen LogP contribution in [0.1, 0.15) is 5.82 Å². The van der Waals surface area contributed by atoms with Crippen LogP contribution < -0.4 is 5.32 Å². The Morgan fingerprint density at radius 2 is 2.26 bits per heavy atom. The minimum atomic E-state index is -0.182. The van der Waals surface area contributed by atoms with Gasteiger partial charge in [0.2, 0.25) is 5.91 Å². The molecule has 1 amide bonds. The number of aromatic amines is 1. The van der Waals surface area contributed by atoms with E-state index in [4.69, 9.17) is 12.2 Å². The number of fused-ring (bicyclic) bond motifs is 1. The number of amides is 1. The monoisotopic (exact) mass is 292 g/mol. The quantitative estimate of drug-likeness (QED) is 0.832. The van der Waals surface area contributed by atoms with Crippen LogP contribution in [0.25, 0.3) is 0 Å². The summed E-state index contributed by atoms with van der Waals surface area (Å²) in [5, 5.41) is 9.63. The number of anilines is 1. The van der Waals surface area contributed by atoms with E-state index in [0.717, 1.165) is 16.4 Å². The van der Waals surface area contributed by atoms with Crippen LogP contribution >= 0.6 is 24.0 Å². The summed E-state index contributed by atoms with van der Waals surface area (Å²) >= 11 is 6.64. The first-order valence-electron chi connectivity index (χ1n) is 5.82. The lowest BCUT2D eigenvalue weighted by Gasteiger charge is -2.23. The van der Waals surface area contributed by atoms with Crippen LogP contribution in [0.4, 0.5) is 5.69 Å². The molecule has 1 aliphatic heterocycles. The fourth-order valence-electron chi connectivity index (χ4n) is 1.96. The third-order valence-corrected chi connectivity index (χ3v) is 4.69. The number of nitrogens with zero attached hydrogens (tertiary/aromatic N) is 2. The molecule has 0 unspecified atom stereocenters. The number of carbonyl (C=O) groups excluding carboxylic acids is 1. The van der Waals surface area contributed by atoms with E-state index in [0.29, 0.717) is 11.2 Å². The van der Waals surface area contributed by atoms with Gasteiger partial charge in [0.1, 0.15) is 5.82 Å². The fraction of sp³-hybridized carbons (Fsp3) is 0.250. The summed E-state index contributed by atoms with van der Waals surface area (Å²) in [6.07, 6.45) is 0.550. The zero-order valence-electron chi connectivity index (χ0n) is 10.2. The molecule has 1 atom stereocenters. The van der Waals surface area contributed by atoms with E-state index < -0.39 is 0 Å². The lowest BCUT2D eigenvalue weighted by Crippen LogP contribution is -2.31. The molecule has 0 aliphatic carbocycles. The number of hydrogen-bond donors (Lipinski definition) is 2. The molecule has 3 rings (SSSR count). The molecule has 0 fully saturated rings. The summed E-state index contributed by atoms with van der Waals surface area (Å²) in [5.41, 5.74) is 0.879. The first-order valence-corrected chi connectivity index (χ1v) is 7.11. The number of hydrogen-bond acceptors (Lipinski definition) is 4.